The van der Waals surface area contributed by atoms with Gasteiger partial charge >= 0.3 is 5.97 Å². The van der Waals surface area contributed by atoms with Gasteiger partial charge in [-0.1, -0.05) is 0 Å². The number of aromatic nitrogens is 2. The molecule has 0 aliphatic heterocycles. The maximum Gasteiger partial charge on any atom is 0.350 e. The minimum Gasteiger partial charge on any atom is -0.465 e. The van der Waals surface area contributed by atoms with Gasteiger partial charge in [0.25, 0.3) is 0 Å². The lowest BCUT2D eigenvalue weighted by molar-refractivity contribution is 0.0607. The quantitative estimate of drug-likeness (QED) is 0.482. The third-order valence-electron chi connectivity index (χ3n) is 2.72. The molecule has 8 heteroatoms. The lowest BCUT2D eigenvalue weighted by atomic mass is 10.4. The van der Waals surface area contributed by atoms with Gasteiger partial charge in [0.2, 0.25) is 0 Å². The zero-order valence-corrected chi connectivity index (χ0v) is 13.2. The minimum atomic E-state index is -0.365. The smallest absolute Gasteiger partial charge is 0.350 e. The Hall–Kier alpha value is -1.93. The molecular formula is C13H16N4O2S2. The average molecular weight is 324 g/mol. The van der Waals surface area contributed by atoms with Crippen LogP contribution in [0.15, 0.2) is 30.2 Å². The molecular weight excluding hydrogens is 308 g/mol. The summed E-state index contributed by atoms with van der Waals surface area (Å²) in [6.07, 6.45) is 6.38. The molecule has 0 bridgehead atoms. The summed E-state index contributed by atoms with van der Waals surface area (Å²) in [5.74, 6) is -0.365. The maximum atomic E-state index is 11.5. The van der Waals surface area contributed by atoms with Crippen molar-refractivity contribution in [2.45, 2.75) is 13.0 Å². The monoisotopic (exact) mass is 324 g/mol. The maximum absolute atomic E-state index is 11.5. The van der Waals surface area contributed by atoms with Gasteiger partial charge < -0.3 is 19.9 Å². The van der Waals surface area contributed by atoms with Crippen LogP contribution < -0.4 is 10.6 Å². The second-order valence-electron chi connectivity index (χ2n) is 4.19. The van der Waals surface area contributed by atoms with E-state index in [1.54, 1.807) is 18.6 Å². The second kappa shape index (κ2) is 7.75. The molecule has 0 saturated heterocycles. The van der Waals surface area contributed by atoms with E-state index in [-0.39, 0.29) is 5.97 Å². The van der Waals surface area contributed by atoms with E-state index in [1.165, 1.54) is 18.4 Å². The van der Waals surface area contributed by atoms with Crippen molar-refractivity contribution in [3.05, 3.63) is 35.0 Å². The number of rotatable bonds is 6. The number of thiocarbonyl (C=S) groups is 1. The summed E-state index contributed by atoms with van der Waals surface area (Å²) >= 11 is 6.53. The summed E-state index contributed by atoms with van der Waals surface area (Å²) in [4.78, 5) is 16.0. The molecule has 0 aliphatic rings. The van der Waals surface area contributed by atoms with Crippen molar-refractivity contribution in [1.82, 2.24) is 14.9 Å². The van der Waals surface area contributed by atoms with Gasteiger partial charge in [0.1, 0.15) is 4.88 Å². The van der Waals surface area contributed by atoms with E-state index in [2.05, 4.69) is 15.6 Å². The summed E-state index contributed by atoms with van der Waals surface area (Å²) in [5.41, 5.74) is 0.666. The van der Waals surface area contributed by atoms with Crippen molar-refractivity contribution in [2.75, 3.05) is 19.0 Å². The van der Waals surface area contributed by atoms with Crippen molar-refractivity contribution in [1.29, 1.82) is 0 Å². The molecule has 2 N–H and O–H groups in total. The zero-order valence-electron chi connectivity index (χ0n) is 11.5. The first-order chi connectivity index (χ1) is 10.2. The van der Waals surface area contributed by atoms with Crippen LogP contribution in [0.3, 0.4) is 0 Å². The van der Waals surface area contributed by atoms with Crippen LogP contribution in [0.2, 0.25) is 0 Å². The molecule has 112 valence electrons. The van der Waals surface area contributed by atoms with Crippen LogP contribution in [0.25, 0.3) is 0 Å². The van der Waals surface area contributed by atoms with Gasteiger partial charge in [-0.2, -0.15) is 0 Å². The van der Waals surface area contributed by atoms with E-state index in [4.69, 9.17) is 17.0 Å². The average Bonchev–Trinajstić information content (AvgIpc) is 3.14. The number of methoxy groups -OCH3 is 1. The number of nitrogens with one attached hydrogen (secondary N) is 2. The number of imidazole rings is 1. The highest BCUT2D eigenvalue weighted by molar-refractivity contribution is 7.80. The standard InChI is InChI=1S/C13H16N4O2S2/c1-19-12(18)11-10(3-8-21-11)16-13(20)15-4-2-6-17-7-5-14-9-17/h3,5,7-9H,2,4,6H2,1H3,(H2,15,16,20). The predicted octanol–water partition coefficient (Wildman–Crippen LogP) is 2.11. The normalized spacial score (nSPS) is 10.1. The van der Waals surface area contributed by atoms with Crippen LogP contribution >= 0.6 is 23.6 Å². The van der Waals surface area contributed by atoms with Crippen LogP contribution in [0.5, 0.6) is 0 Å². The minimum absolute atomic E-state index is 0.365. The number of nitrogens with zero attached hydrogens (tertiary/aromatic N) is 2. The van der Waals surface area contributed by atoms with Crippen LogP contribution in [-0.4, -0.2) is 34.3 Å². The molecule has 0 unspecified atom stereocenters. The van der Waals surface area contributed by atoms with Crippen LogP contribution in [0.4, 0.5) is 5.69 Å². The summed E-state index contributed by atoms with van der Waals surface area (Å²) in [6.45, 7) is 1.61. The Balaban J connectivity index is 1.74. The highest BCUT2D eigenvalue weighted by Crippen LogP contribution is 2.22. The molecule has 0 aromatic carbocycles. The van der Waals surface area contributed by atoms with Crippen molar-refractivity contribution < 1.29 is 9.53 Å². The summed E-state index contributed by atoms with van der Waals surface area (Å²) in [5, 5.41) is 8.42. The molecule has 0 spiro atoms. The van der Waals surface area contributed by atoms with Gasteiger partial charge in [0.05, 0.1) is 19.1 Å². The highest BCUT2D eigenvalue weighted by Gasteiger charge is 2.14. The number of hydrogen-bond donors (Lipinski definition) is 2. The number of carbonyl (C=O) groups excluding carboxylic acids is 1. The molecule has 0 fully saturated rings. The Morgan fingerprint density at radius 2 is 2.43 bits per heavy atom. The fourth-order valence-corrected chi connectivity index (χ4v) is 2.69. The van der Waals surface area contributed by atoms with E-state index in [9.17, 15) is 4.79 Å². The summed E-state index contributed by atoms with van der Waals surface area (Å²) in [6, 6.07) is 1.80. The predicted molar refractivity (Wildman–Crippen MR) is 86.7 cm³/mol. The highest BCUT2D eigenvalue weighted by atomic mass is 32.1. The Kier molecular flexibility index (Phi) is 5.70. The van der Waals surface area contributed by atoms with Crippen molar-refractivity contribution in [3.63, 3.8) is 0 Å². The number of aryl methyl sites for hydroxylation is 1. The Morgan fingerprint density at radius 3 is 3.14 bits per heavy atom. The van der Waals surface area contributed by atoms with Crippen LogP contribution in [-0.2, 0) is 11.3 Å². The van der Waals surface area contributed by atoms with Gasteiger partial charge in [-0.15, -0.1) is 11.3 Å². The molecule has 0 amide bonds. The number of esters is 1. The fraction of sp³-hybridized carbons (Fsp3) is 0.308. The molecule has 2 rings (SSSR count). The first-order valence-corrected chi connectivity index (χ1v) is 7.66. The van der Waals surface area contributed by atoms with E-state index >= 15 is 0 Å². The lowest BCUT2D eigenvalue weighted by Gasteiger charge is -2.10. The third-order valence-corrected chi connectivity index (χ3v) is 3.86. The van der Waals surface area contributed by atoms with Gasteiger partial charge in [-0.3, -0.25) is 0 Å². The third kappa shape index (κ3) is 4.54. The second-order valence-corrected chi connectivity index (χ2v) is 5.51. The Bertz CT molecular complexity index is 595. The van der Waals surface area contributed by atoms with Crippen molar-refractivity contribution in [2.24, 2.45) is 0 Å². The number of anilines is 1. The molecule has 0 radical (unpaired) electrons. The first kappa shape index (κ1) is 15.5. The molecule has 6 nitrogen and oxygen atoms in total. The summed E-state index contributed by atoms with van der Waals surface area (Å²) in [7, 11) is 1.36. The van der Waals surface area contributed by atoms with E-state index in [0.29, 0.717) is 15.7 Å². The molecule has 2 aromatic heterocycles. The molecule has 0 aliphatic carbocycles. The summed E-state index contributed by atoms with van der Waals surface area (Å²) < 4.78 is 6.72. The molecule has 0 saturated carbocycles. The lowest BCUT2D eigenvalue weighted by Crippen LogP contribution is -2.30. The zero-order chi connectivity index (χ0) is 15.1. The largest absolute Gasteiger partial charge is 0.465 e. The van der Waals surface area contributed by atoms with Crippen molar-refractivity contribution in [3.8, 4) is 0 Å². The van der Waals surface area contributed by atoms with E-state index < -0.39 is 0 Å². The van der Waals surface area contributed by atoms with Crippen molar-refractivity contribution >= 4 is 40.3 Å². The molecule has 2 aromatic rings. The number of thiophene rings is 1. The number of hydrogen-bond acceptors (Lipinski definition) is 5. The fourth-order valence-electron chi connectivity index (χ4n) is 1.71. The Morgan fingerprint density at radius 1 is 1.57 bits per heavy atom. The van der Waals surface area contributed by atoms with Gasteiger partial charge in [-0.25, -0.2) is 9.78 Å². The van der Waals surface area contributed by atoms with E-state index in [0.717, 1.165) is 19.5 Å². The van der Waals surface area contributed by atoms with Gasteiger partial charge in [0, 0.05) is 25.5 Å². The molecule has 2 heterocycles. The van der Waals surface area contributed by atoms with Crippen LogP contribution in [0, 0.1) is 0 Å². The molecule has 21 heavy (non-hydrogen) atoms. The van der Waals surface area contributed by atoms with Gasteiger partial charge in [0.15, 0.2) is 5.11 Å². The molecule has 0 atom stereocenters. The SMILES string of the molecule is COC(=O)c1sccc1NC(=S)NCCCn1ccnc1. The van der Waals surface area contributed by atoms with Crippen LogP contribution in [0.1, 0.15) is 16.1 Å². The number of carbonyl (C=O) groups is 1. The van der Waals surface area contributed by atoms with Gasteiger partial charge in [-0.05, 0) is 30.1 Å². The first-order valence-electron chi connectivity index (χ1n) is 6.37. The number of ether oxygens (including phenoxy) is 1. The topological polar surface area (TPSA) is 68.2 Å². The van der Waals surface area contributed by atoms with E-state index in [1.807, 2.05) is 16.1 Å². The Labute approximate surface area is 132 Å².